The highest BCUT2D eigenvalue weighted by Gasteiger charge is 2.22. The van der Waals surface area contributed by atoms with E-state index in [9.17, 15) is 4.39 Å². The average molecular weight is 219 g/mol. The molecule has 2 rings (SSSR count). The van der Waals surface area contributed by atoms with Gasteiger partial charge in [0.15, 0.2) is 0 Å². The van der Waals surface area contributed by atoms with E-state index in [1.165, 1.54) is 6.07 Å². The van der Waals surface area contributed by atoms with Gasteiger partial charge in [0.05, 0.1) is 5.69 Å². The van der Waals surface area contributed by atoms with E-state index < -0.39 is 5.82 Å². The number of halogens is 1. The lowest BCUT2D eigenvalue weighted by atomic mass is 10.1. The minimum atomic E-state index is -0.477. The molecule has 2 unspecified atom stereocenters. The molecule has 1 aliphatic carbocycles. The Balaban J connectivity index is 2.16. The Morgan fingerprint density at radius 3 is 2.88 bits per heavy atom. The van der Waals surface area contributed by atoms with Gasteiger partial charge in [-0.05, 0) is 31.4 Å². The molecule has 3 nitrogen and oxygen atoms in total. The SMILES string of the molecule is N#Cc1c(F)cccc1NC1CCC(N)C1. The van der Waals surface area contributed by atoms with Crippen LogP contribution in [0.5, 0.6) is 0 Å². The maximum Gasteiger partial charge on any atom is 0.143 e. The van der Waals surface area contributed by atoms with Crippen LogP contribution >= 0.6 is 0 Å². The predicted octanol–water partition coefficient (Wildman–Crippen LogP) is 1.99. The fraction of sp³-hybridized carbons (Fsp3) is 0.417. The standard InChI is InChI=1S/C12H14FN3/c13-11-2-1-3-12(10(11)7-14)16-9-5-4-8(15)6-9/h1-3,8-9,16H,4-6,15H2. The van der Waals surface area contributed by atoms with E-state index in [1.54, 1.807) is 12.1 Å². The summed E-state index contributed by atoms with van der Waals surface area (Å²) >= 11 is 0. The molecule has 1 aromatic rings. The number of nitriles is 1. The van der Waals surface area contributed by atoms with E-state index in [0.29, 0.717) is 5.69 Å². The number of nitrogens with zero attached hydrogens (tertiary/aromatic N) is 1. The van der Waals surface area contributed by atoms with Crippen LogP contribution in [0.25, 0.3) is 0 Å². The lowest BCUT2D eigenvalue weighted by Crippen LogP contribution is -2.21. The van der Waals surface area contributed by atoms with Crippen LogP contribution in [-0.4, -0.2) is 12.1 Å². The first kappa shape index (κ1) is 10.9. The van der Waals surface area contributed by atoms with Gasteiger partial charge in [-0.1, -0.05) is 6.07 Å². The molecule has 16 heavy (non-hydrogen) atoms. The second-order valence-corrected chi connectivity index (χ2v) is 4.19. The first-order valence-electron chi connectivity index (χ1n) is 5.41. The number of nitrogens with two attached hydrogens (primary N) is 1. The van der Waals surface area contributed by atoms with Crippen LogP contribution in [0.1, 0.15) is 24.8 Å². The van der Waals surface area contributed by atoms with E-state index in [4.69, 9.17) is 11.0 Å². The van der Waals surface area contributed by atoms with Crippen LogP contribution < -0.4 is 11.1 Å². The van der Waals surface area contributed by atoms with Crippen molar-refractivity contribution in [3.8, 4) is 6.07 Å². The van der Waals surface area contributed by atoms with Gasteiger partial charge in [-0.15, -0.1) is 0 Å². The van der Waals surface area contributed by atoms with Gasteiger partial charge in [0.2, 0.25) is 0 Å². The zero-order valence-electron chi connectivity index (χ0n) is 8.91. The summed E-state index contributed by atoms with van der Waals surface area (Å²) in [6.45, 7) is 0. The monoisotopic (exact) mass is 219 g/mol. The van der Waals surface area contributed by atoms with E-state index in [0.717, 1.165) is 19.3 Å². The Morgan fingerprint density at radius 2 is 2.25 bits per heavy atom. The predicted molar refractivity (Wildman–Crippen MR) is 60.4 cm³/mol. The summed E-state index contributed by atoms with van der Waals surface area (Å²) in [4.78, 5) is 0. The molecule has 0 bridgehead atoms. The molecule has 1 aromatic carbocycles. The molecule has 0 aliphatic heterocycles. The van der Waals surface area contributed by atoms with Crippen molar-refractivity contribution in [2.45, 2.75) is 31.3 Å². The Hall–Kier alpha value is -1.60. The van der Waals surface area contributed by atoms with Crippen molar-refractivity contribution in [3.05, 3.63) is 29.6 Å². The minimum Gasteiger partial charge on any atom is -0.381 e. The second kappa shape index (κ2) is 4.50. The molecule has 0 amide bonds. The van der Waals surface area contributed by atoms with Crippen molar-refractivity contribution in [1.82, 2.24) is 0 Å². The third-order valence-corrected chi connectivity index (χ3v) is 2.96. The fourth-order valence-corrected chi connectivity index (χ4v) is 2.13. The summed E-state index contributed by atoms with van der Waals surface area (Å²) in [6.07, 6.45) is 2.83. The van der Waals surface area contributed by atoms with E-state index >= 15 is 0 Å². The molecule has 0 aromatic heterocycles. The molecule has 84 valence electrons. The second-order valence-electron chi connectivity index (χ2n) is 4.19. The minimum absolute atomic E-state index is 0.0861. The maximum absolute atomic E-state index is 13.3. The average Bonchev–Trinajstić information content (AvgIpc) is 2.64. The zero-order chi connectivity index (χ0) is 11.5. The zero-order valence-corrected chi connectivity index (χ0v) is 8.91. The molecule has 2 atom stereocenters. The molecule has 1 fully saturated rings. The van der Waals surface area contributed by atoms with Crippen LogP contribution in [0.3, 0.4) is 0 Å². The van der Waals surface area contributed by atoms with Crippen molar-refractivity contribution < 1.29 is 4.39 Å². The van der Waals surface area contributed by atoms with E-state index in [-0.39, 0.29) is 17.6 Å². The third kappa shape index (κ3) is 2.15. The first-order chi connectivity index (χ1) is 7.70. The number of anilines is 1. The number of hydrogen-bond acceptors (Lipinski definition) is 3. The molecule has 0 heterocycles. The van der Waals surface area contributed by atoms with Gasteiger partial charge >= 0.3 is 0 Å². The maximum atomic E-state index is 13.3. The topological polar surface area (TPSA) is 61.8 Å². The Morgan fingerprint density at radius 1 is 1.44 bits per heavy atom. The van der Waals surface area contributed by atoms with Gasteiger partial charge in [-0.3, -0.25) is 0 Å². The molecule has 0 saturated heterocycles. The molecule has 0 radical (unpaired) electrons. The van der Waals surface area contributed by atoms with Gasteiger partial charge in [0.1, 0.15) is 17.4 Å². The summed E-state index contributed by atoms with van der Waals surface area (Å²) in [7, 11) is 0. The number of rotatable bonds is 2. The smallest absolute Gasteiger partial charge is 0.143 e. The lowest BCUT2D eigenvalue weighted by molar-refractivity contribution is 0.623. The van der Waals surface area contributed by atoms with Crippen molar-refractivity contribution in [2.24, 2.45) is 5.73 Å². The quantitative estimate of drug-likeness (QED) is 0.799. The van der Waals surface area contributed by atoms with Crippen LogP contribution in [0, 0.1) is 17.1 Å². The summed E-state index contributed by atoms with van der Waals surface area (Å²) in [6, 6.07) is 6.98. The summed E-state index contributed by atoms with van der Waals surface area (Å²) < 4.78 is 13.3. The van der Waals surface area contributed by atoms with Crippen LogP contribution in [-0.2, 0) is 0 Å². The lowest BCUT2D eigenvalue weighted by Gasteiger charge is -2.15. The molecule has 4 heteroatoms. The number of nitrogens with one attached hydrogen (secondary N) is 1. The van der Waals surface area contributed by atoms with Gasteiger partial charge < -0.3 is 11.1 Å². The molecular weight excluding hydrogens is 205 g/mol. The van der Waals surface area contributed by atoms with Crippen LogP contribution in [0.4, 0.5) is 10.1 Å². The van der Waals surface area contributed by atoms with Crippen LogP contribution in [0.15, 0.2) is 18.2 Å². The molecule has 1 saturated carbocycles. The Labute approximate surface area is 94.1 Å². The summed E-state index contributed by atoms with van der Waals surface area (Å²) in [5.41, 5.74) is 6.46. The highest BCUT2D eigenvalue weighted by molar-refractivity contribution is 5.58. The van der Waals surface area contributed by atoms with Crippen molar-refractivity contribution in [1.29, 1.82) is 5.26 Å². The molecular formula is C12H14FN3. The van der Waals surface area contributed by atoms with Crippen molar-refractivity contribution in [2.75, 3.05) is 5.32 Å². The fourth-order valence-electron chi connectivity index (χ4n) is 2.13. The largest absolute Gasteiger partial charge is 0.381 e. The summed E-state index contributed by atoms with van der Waals surface area (Å²) in [5.74, 6) is -0.477. The third-order valence-electron chi connectivity index (χ3n) is 2.96. The molecule has 1 aliphatic rings. The Bertz CT molecular complexity index is 425. The van der Waals surface area contributed by atoms with E-state index in [2.05, 4.69) is 5.32 Å². The number of benzene rings is 1. The molecule has 3 N–H and O–H groups in total. The van der Waals surface area contributed by atoms with Crippen LogP contribution in [0.2, 0.25) is 0 Å². The van der Waals surface area contributed by atoms with Gasteiger partial charge in [-0.2, -0.15) is 5.26 Å². The van der Waals surface area contributed by atoms with Gasteiger partial charge in [0, 0.05) is 12.1 Å². The van der Waals surface area contributed by atoms with Crippen molar-refractivity contribution in [3.63, 3.8) is 0 Å². The highest BCUT2D eigenvalue weighted by atomic mass is 19.1. The number of hydrogen-bond donors (Lipinski definition) is 2. The van der Waals surface area contributed by atoms with E-state index in [1.807, 2.05) is 6.07 Å². The highest BCUT2D eigenvalue weighted by Crippen LogP contribution is 2.24. The summed E-state index contributed by atoms with van der Waals surface area (Å²) in [5, 5.41) is 12.1. The normalized spacial score (nSPS) is 24.1. The molecule has 0 spiro atoms. The Kier molecular flexibility index (Phi) is 3.07. The van der Waals surface area contributed by atoms with Gasteiger partial charge in [0.25, 0.3) is 0 Å². The van der Waals surface area contributed by atoms with Crippen molar-refractivity contribution >= 4 is 5.69 Å². The first-order valence-corrected chi connectivity index (χ1v) is 5.41. The van der Waals surface area contributed by atoms with Gasteiger partial charge in [-0.25, -0.2) is 4.39 Å².